The fraction of sp³-hybridized carbons (Fsp3) is 0.875. The second kappa shape index (κ2) is 4.14. The highest BCUT2D eigenvalue weighted by Gasteiger charge is 2.24. The molecule has 0 spiro atoms. The van der Waals surface area contributed by atoms with Gasteiger partial charge in [0, 0.05) is 19.1 Å². The van der Waals surface area contributed by atoms with Crippen LogP contribution in [0.5, 0.6) is 0 Å². The van der Waals surface area contributed by atoms with Gasteiger partial charge in [-0.15, -0.1) is 0 Å². The van der Waals surface area contributed by atoms with Crippen molar-refractivity contribution >= 4 is 17.9 Å². The van der Waals surface area contributed by atoms with Crippen LogP contribution in [0, 0.1) is 0 Å². The van der Waals surface area contributed by atoms with Crippen LogP contribution in [0.1, 0.15) is 13.8 Å². The van der Waals surface area contributed by atoms with Gasteiger partial charge in [-0.05, 0) is 20.1 Å². The predicted octanol–water partition coefficient (Wildman–Crippen LogP) is 0.817. The molecule has 0 N–H and O–H groups in total. The zero-order valence-corrected chi connectivity index (χ0v) is 8.73. The molecule has 1 aliphatic heterocycles. The van der Waals surface area contributed by atoms with E-state index in [9.17, 15) is 4.79 Å². The van der Waals surface area contributed by atoms with Gasteiger partial charge in [-0.25, -0.2) is 4.31 Å². The molecule has 0 aromatic carbocycles. The summed E-state index contributed by atoms with van der Waals surface area (Å²) in [7, 11) is 0. The van der Waals surface area contributed by atoms with Crippen LogP contribution in [0.3, 0.4) is 0 Å². The molecule has 1 heterocycles. The first kappa shape index (κ1) is 9.86. The van der Waals surface area contributed by atoms with Gasteiger partial charge in [0.15, 0.2) is 0 Å². The molecule has 4 heteroatoms. The van der Waals surface area contributed by atoms with Gasteiger partial charge in [0.05, 0.1) is 6.54 Å². The van der Waals surface area contributed by atoms with Crippen molar-refractivity contribution in [3.05, 3.63) is 0 Å². The summed E-state index contributed by atoms with van der Waals surface area (Å²) in [4.78, 5) is 13.4. The number of rotatable bonds is 2. The van der Waals surface area contributed by atoms with Crippen LogP contribution >= 0.6 is 11.9 Å². The fourth-order valence-corrected chi connectivity index (χ4v) is 1.87. The van der Waals surface area contributed by atoms with Crippen molar-refractivity contribution in [2.45, 2.75) is 19.9 Å². The first-order chi connectivity index (χ1) is 5.65. The molecule has 1 aliphatic rings. The monoisotopic (exact) mass is 188 g/mol. The third-order valence-electron chi connectivity index (χ3n) is 2.10. The molecule has 1 fully saturated rings. The van der Waals surface area contributed by atoms with Crippen molar-refractivity contribution in [1.29, 1.82) is 0 Å². The van der Waals surface area contributed by atoms with Crippen LogP contribution in [0.25, 0.3) is 0 Å². The molecule has 12 heavy (non-hydrogen) atoms. The minimum atomic E-state index is 0.255. The highest BCUT2D eigenvalue weighted by atomic mass is 32.2. The average Bonchev–Trinajstić information content (AvgIpc) is 2.03. The lowest BCUT2D eigenvalue weighted by Gasteiger charge is -2.35. The van der Waals surface area contributed by atoms with E-state index < -0.39 is 0 Å². The Bertz CT molecular complexity index is 172. The normalized spacial score (nSPS) is 20.7. The molecule has 0 saturated carbocycles. The van der Waals surface area contributed by atoms with Gasteiger partial charge in [-0.2, -0.15) is 0 Å². The van der Waals surface area contributed by atoms with Gasteiger partial charge in [0.2, 0.25) is 5.91 Å². The molecule has 0 unspecified atom stereocenters. The van der Waals surface area contributed by atoms with E-state index in [1.807, 2.05) is 11.2 Å². The van der Waals surface area contributed by atoms with Gasteiger partial charge in [-0.3, -0.25) is 4.79 Å². The van der Waals surface area contributed by atoms with E-state index in [4.69, 9.17) is 0 Å². The lowest BCUT2D eigenvalue weighted by atomic mass is 10.2. The van der Waals surface area contributed by atoms with Crippen molar-refractivity contribution in [2.24, 2.45) is 0 Å². The molecule has 0 aromatic rings. The first-order valence-corrected chi connectivity index (χ1v) is 5.42. The first-order valence-electron chi connectivity index (χ1n) is 4.23. The largest absolute Gasteiger partial charge is 0.338 e. The summed E-state index contributed by atoms with van der Waals surface area (Å²) in [6.45, 7) is 6.56. The molecule has 0 radical (unpaired) electrons. The Hall–Kier alpha value is -0.220. The number of nitrogens with zero attached hydrogens (tertiary/aromatic N) is 2. The molecule has 70 valence electrons. The smallest absolute Gasteiger partial charge is 0.237 e. The van der Waals surface area contributed by atoms with E-state index >= 15 is 0 Å². The molecular weight excluding hydrogens is 172 g/mol. The summed E-state index contributed by atoms with van der Waals surface area (Å²) in [6, 6.07) is 0.349. The maximum Gasteiger partial charge on any atom is 0.237 e. The molecule has 3 nitrogen and oxygen atoms in total. The molecule has 0 aromatic heterocycles. The van der Waals surface area contributed by atoms with Crippen LogP contribution in [0.2, 0.25) is 0 Å². The second-order valence-corrected chi connectivity index (χ2v) is 4.11. The lowest BCUT2D eigenvalue weighted by Crippen LogP contribution is -2.50. The zero-order valence-electron chi connectivity index (χ0n) is 7.91. The quantitative estimate of drug-likeness (QED) is 0.599. The molecule has 1 amide bonds. The van der Waals surface area contributed by atoms with E-state index in [1.54, 1.807) is 11.9 Å². The van der Waals surface area contributed by atoms with Crippen molar-refractivity contribution in [2.75, 3.05) is 25.9 Å². The van der Waals surface area contributed by atoms with Crippen molar-refractivity contribution < 1.29 is 4.79 Å². The molecular formula is C8H16N2OS. The van der Waals surface area contributed by atoms with Crippen LogP contribution in [-0.2, 0) is 4.79 Å². The standard InChI is InChI=1S/C8H16N2OS/c1-7(2)10-5-4-9(12-3)6-8(10)11/h7H,4-6H2,1-3H3. The maximum absolute atomic E-state index is 11.5. The Morgan fingerprint density at radius 1 is 1.42 bits per heavy atom. The summed E-state index contributed by atoms with van der Waals surface area (Å²) in [5.74, 6) is 0.255. The number of hydrogen-bond acceptors (Lipinski definition) is 3. The predicted molar refractivity (Wildman–Crippen MR) is 51.9 cm³/mol. The maximum atomic E-state index is 11.5. The SMILES string of the molecule is CSN1CCN(C(C)C)C(=O)C1. The molecule has 1 saturated heterocycles. The molecule has 0 bridgehead atoms. The minimum Gasteiger partial charge on any atom is -0.338 e. The number of carbonyl (C=O) groups excluding carboxylic acids is 1. The van der Waals surface area contributed by atoms with Gasteiger partial charge >= 0.3 is 0 Å². The molecule has 0 aliphatic carbocycles. The fourth-order valence-electron chi connectivity index (χ4n) is 1.37. The highest BCUT2D eigenvalue weighted by molar-refractivity contribution is 7.96. The van der Waals surface area contributed by atoms with Crippen molar-refractivity contribution in [3.8, 4) is 0 Å². The summed E-state index contributed by atoms with van der Waals surface area (Å²) in [6.07, 6.45) is 2.01. The van der Waals surface area contributed by atoms with Gasteiger partial charge in [-0.1, -0.05) is 11.9 Å². The van der Waals surface area contributed by atoms with Crippen LogP contribution < -0.4 is 0 Å². The minimum absolute atomic E-state index is 0.255. The van der Waals surface area contributed by atoms with E-state index in [2.05, 4.69) is 18.2 Å². The van der Waals surface area contributed by atoms with E-state index in [0.29, 0.717) is 12.6 Å². The summed E-state index contributed by atoms with van der Waals surface area (Å²) in [5.41, 5.74) is 0. The summed E-state index contributed by atoms with van der Waals surface area (Å²) < 4.78 is 2.10. The number of carbonyl (C=O) groups is 1. The Balaban J connectivity index is 2.48. The number of piperazine rings is 1. The van der Waals surface area contributed by atoms with E-state index in [1.165, 1.54) is 0 Å². The third-order valence-corrected chi connectivity index (χ3v) is 2.93. The van der Waals surface area contributed by atoms with Crippen molar-refractivity contribution in [3.63, 3.8) is 0 Å². The second-order valence-electron chi connectivity index (χ2n) is 3.23. The van der Waals surface area contributed by atoms with E-state index in [0.717, 1.165) is 13.1 Å². The Labute approximate surface area is 78.2 Å². The van der Waals surface area contributed by atoms with Crippen LogP contribution in [0.4, 0.5) is 0 Å². The average molecular weight is 188 g/mol. The summed E-state index contributed by atoms with van der Waals surface area (Å²) in [5, 5.41) is 0. The van der Waals surface area contributed by atoms with Crippen LogP contribution in [0.15, 0.2) is 0 Å². The van der Waals surface area contributed by atoms with Gasteiger partial charge < -0.3 is 4.90 Å². The number of hydrogen-bond donors (Lipinski definition) is 0. The molecule has 0 atom stereocenters. The topological polar surface area (TPSA) is 23.6 Å². The third kappa shape index (κ3) is 2.14. The summed E-state index contributed by atoms with van der Waals surface area (Å²) >= 11 is 1.65. The van der Waals surface area contributed by atoms with Crippen LogP contribution in [-0.4, -0.2) is 47.0 Å². The van der Waals surface area contributed by atoms with Gasteiger partial charge in [0.25, 0.3) is 0 Å². The van der Waals surface area contributed by atoms with Gasteiger partial charge in [0.1, 0.15) is 0 Å². The number of amides is 1. The van der Waals surface area contributed by atoms with Crippen molar-refractivity contribution in [1.82, 2.24) is 9.21 Å². The molecule has 1 rings (SSSR count). The lowest BCUT2D eigenvalue weighted by molar-refractivity contribution is -0.135. The zero-order chi connectivity index (χ0) is 9.14. The Kier molecular flexibility index (Phi) is 3.40. The van der Waals surface area contributed by atoms with E-state index in [-0.39, 0.29) is 5.91 Å². The Morgan fingerprint density at radius 2 is 2.08 bits per heavy atom. The Morgan fingerprint density at radius 3 is 2.50 bits per heavy atom. The highest BCUT2D eigenvalue weighted by Crippen LogP contribution is 2.12.